The minimum absolute atomic E-state index is 0. The van der Waals surface area contributed by atoms with Crippen molar-refractivity contribution >= 4 is 24.5 Å². The second-order valence-electron chi connectivity index (χ2n) is 6.70. The molecule has 1 aliphatic heterocycles. The van der Waals surface area contributed by atoms with Crippen LogP contribution in [-0.2, 0) is 9.53 Å². The predicted molar refractivity (Wildman–Crippen MR) is 103 cm³/mol. The van der Waals surface area contributed by atoms with Crippen LogP contribution >= 0.6 is 12.4 Å². The van der Waals surface area contributed by atoms with Gasteiger partial charge in [0.1, 0.15) is 12.6 Å². The van der Waals surface area contributed by atoms with Gasteiger partial charge in [0.25, 0.3) is 0 Å². The van der Waals surface area contributed by atoms with Gasteiger partial charge in [0.2, 0.25) is 0 Å². The van der Waals surface area contributed by atoms with Crippen molar-refractivity contribution in [3.05, 3.63) is 59.7 Å². The molecule has 4 rings (SSSR count). The minimum atomic E-state index is -0.901. The van der Waals surface area contributed by atoms with Crippen molar-refractivity contribution in [2.75, 3.05) is 13.2 Å². The van der Waals surface area contributed by atoms with Crippen LogP contribution in [0.3, 0.4) is 0 Å². The number of alkyl carbamates (subject to hydrolysis) is 1. The molecule has 27 heavy (non-hydrogen) atoms. The molecule has 1 saturated heterocycles. The maximum Gasteiger partial charge on any atom is 0.407 e. The largest absolute Gasteiger partial charge is 0.480 e. The number of halogens is 1. The Morgan fingerprint density at radius 3 is 2.22 bits per heavy atom. The molecule has 0 spiro atoms. The van der Waals surface area contributed by atoms with Gasteiger partial charge in [0.05, 0.1) is 0 Å². The summed E-state index contributed by atoms with van der Waals surface area (Å²) in [5.41, 5.74) is 4.69. The van der Waals surface area contributed by atoms with E-state index in [1.54, 1.807) is 0 Å². The first-order valence-corrected chi connectivity index (χ1v) is 8.71. The van der Waals surface area contributed by atoms with E-state index in [2.05, 4.69) is 34.9 Å². The molecule has 1 heterocycles. The molecule has 142 valence electrons. The van der Waals surface area contributed by atoms with Crippen molar-refractivity contribution in [2.45, 2.75) is 24.4 Å². The molecule has 1 aliphatic carbocycles. The average Bonchev–Trinajstić information content (AvgIpc) is 3.23. The number of rotatable bonds is 4. The quantitative estimate of drug-likeness (QED) is 0.749. The maximum absolute atomic E-state index is 12.1. The monoisotopic (exact) mass is 388 g/mol. The van der Waals surface area contributed by atoms with Crippen molar-refractivity contribution in [1.29, 1.82) is 0 Å². The van der Waals surface area contributed by atoms with Gasteiger partial charge in [0, 0.05) is 18.5 Å². The molecule has 0 bridgehead atoms. The van der Waals surface area contributed by atoms with Crippen LogP contribution in [0, 0.1) is 0 Å². The van der Waals surface area contributed by atoms with Crippen LogP contribution in [0.15, 0.2) is 48.5 Å². The van der Waals surface area contributed by atoms with E-state index in [0.29, 0.717) is 13.0 Å². The van der Waals surface area contributed by atoms with Crippen molar-refractivity contribution in [3.8, 4) is 11.1 Å². The molecular weight excluding hydrogens is 368 g/mol. The number of hydrogen-bond acceptors (Lipinski definition) is 4. The fourth-order valence-electron chi connectivity index (χ4n) is 3.84. The Kier molecular flexibility index (Phi) is 5.68. The number of benzene rings is 2. The van der Waals surface area contributed by atoms with E-state index >= 15 is 0 Å². The van der Waals surface area contributed by atoms with Gasteiger partial charge in [-0.05, 0) is 28.7 Å². The zero-order valence-electron chi connectivity index (χ0n) is 14.6. The Labute approximate surface area is 163 Å². The summed E-state index contributed by atoms with van der Waals surface area (Å²) in [7, 11) is 0. The fraction of sp³-hybridized carbons (Fsp3) is 0.300. The Bertz CT molecular complexity index is 812. The van der Waals surface area contributed by atoms with E-state index in [1.807, 2.05) is 24.3 Å². The zero-order chi connectivity index (χ0) is 18.1. The highest BCUT2D eigenvalue weighted by molar-refractivity contribution is 5.85. The zero-order valence-corrected chi connectivity index (χ0v) is 15.4. The first-order chi connectivity index (χ1) is 12.6. The van der Waals surface area contributed by atoms with Gasteiger partial charge < -0.3 is 20.5 Å². The first kappa shape index (κ1) is 19.2. The maximum atomic E-state index is 12.1. The van der Waals surface area contributed by atoms with Gasteiger partial charge in [-0.15, -0.1) is 12.4 Å². The summed E-state index contributed by atoms with van der Waals surface area (Å²) in [5, 5.41) is 14.6. The van der Waals surface area contributed by atoms with Crippen molar-refractivity contribution in [2.24, 2.45) is 0 Å². The lowest BCUT2D eigenvalue weighted by Gasteiger charge is -2.16. The number of ether oxygens (including phenoxy) is 1. The van der Waals surface area contributed by atoms with E-state index in [4.69, 9.17) is 9.84 Å². The third-order valence-corrected chi connectivity index (χ3v) is 5.09. The van der Waals surface area contributed by atoms with Crippen molar-refractivity contribution in [1.82, 2.24) is 10.6 Å². The molecule has 0 unspecified atom stereocenters. The van der Waals surface area contributed by atoms with Crippen molar-refractivity contribution < 1.29 is 19.4 Å². The number of nitrogens with one attached hydrogen (secondary N) is 2. The minimum Gasteiger partial charge on any atom is -0.480 e. The Hall–Kier alpha value is -2.57. The molecule has 7 heteroatoms. The topological polar surface area (TPSA) is 87.7 Å². The van der Waals surface area contributed by atoms with Gasteiger partial charge >= 0.3 is 12.1 Å². The normalized spacial score (nSPS) is 20.3. The highest BCUT2D eigenvalue weighted by Gasteiger charge is 2.32. The van der Waals surface area contributed by atoms with Gasteiger partial charge in [-0.3, -0.25) is 4.79 Å². The summed E-state index contributed by atoms with van der Waals surface area (Å²) in [6.07, 6.45) is -0.149. The number of carboxylic acids is 1. The van der Waals surface area contributed by atoms with Gasteiger partial charge in [-0.1, -0.05) is 48.5 Å². The third kappa shape index (κ3) is 3.77. The number of carboxylic acid groups (broad SMARTS) is 1. The molecule has 2 aromatic rings. The predicted octanol–water partition coefficient (Wildman–Crippen LogP) is 2.76. The van der Waals surface area contributed by atoms with E-state index in [9.17, 15) is 9.59 Å². The SMILES string of the molecule is Cl.O=C(N[C@H]1CN[C@H](C(=O)O)C1)OCC1c2ccccc2-c2ccccc21. The number of fused-ring (bicyclic) bond motifs is 3. The van der Waals surface area contributed by atoms with E-state index in [1.165, 1.54) is 11.1 Å². The lowest BCUT2D eigenvalue weighted by Crippen LogP contribution is -2.37. The second kappa shape index (κ2) is 7.98. The van der Waals surface area contributed by atoms with Gasteiger partial charge in [0.15, 0.2) is 0 Å². The molecule has 0 radical (unpaired) electrons. The van der Waals surface area contributed by atoms with E-state index in [-0.39, 0.29) is 31.0 Å². The molecule has 1 fully saturated rings. The highest BCUT2D eigenvalue weighted by atomic mass is 35.5. The van der Waals surface area contributed by atoms with Crippen molar-refractivity contribution in [3.63, 3.8) is 0 Å². The van der Waals surface area contributed by atoms with Crippen LogP contribution in [0.1, 0.15) is 23.5 Å². The molecular formula is C20H21ClN2O4. The number of hydrogen-bond donors (Lipinski definition) is 3. The third-order valence-electron chi connectivity index (χ3n) is 5.09. The number of amides is 1. The Morgan fingerprint density at radius 1 is 1.07 bits per heavy atom. The Balaban J connectivity index is 0.00000210. The summed E-state index contributed by atoms with van der Waals surface area (Å²) in [6.45, 7) is 0.684. The average molecular weight is 389 g/mol. The standard InChI is InChI=1S/C20H20N2O4.ClH/c23-19(24)18-9-12(10-21-18)22-20(25)26-11-17-15-7-3-1-5-13(15)14-6-2-4-8-16(14)17;/h1-8,12,17-18,21H,9-11H2,(H,22,25)(H,23,24);1H/t12-,18+;/m1./s1. The number of carbonyl (C=O) groups excluding carboxylic acids is 1. The van der Waals surface area contributed by atoms with Crippen LogP contribution in [0.2, 0.25) is 0 Å². The summed E-state index contributed by atoms with van der Waals surface area (Å²) in [6, 6.07) is 15.5. The van der Waals surface area contributed by atoms with E-state index in [0.717, 1.165) is 11.1 Å². The van der Waals surface area contributed by atoms with Gasteiger partial charge in [-0.25, -0.2) is 4.79 Å². The highest BCUT2D eigenvalue weighted by Crippen LogP contribution is 2.44. The van der Waals surface area contributed by atoms with Crippen LogP contribution in [0.5, 0.6) is 0 Å². The lowest BCUT2D eigenvalue weighted by atomic mass is 9.98. The number of carbonyl (C=O) groups is 2. The molecule has 0 saturated carbocycles. The number of aliphatic carboxylic acids is 1. The smallest absolute Gasteiger partial charge is 0.407 e. The summed E-state index contributed by atoms with van der Waals surface area (Å²) >= 11 is 0. The Morgan fingerprint density at radius 2 is 1.67 bits per heavy atom. The fourth-order valence-corrected chi connectivity index (χ4v) is 3.84. The first-order valence-electron chi connectivity index (χ1n) is 8.71. The molecule has 2 atom stereocenters. The summed E-state index contributed by atoms with van der Waals surface area (Å²) in [4.78, 5) is 23.1. The van der Waals surface area contributed by atoms with Crippen LogP contribution in [-0.4, -0.2) is 42.4 Å². The van der Waals surface area contributed by atoms with Crippen LogP contribution in [0.25, 0.3) is 11.1 Å². The molecule has 6 nitrogen and oxygen atoms in total. The van der Waals surface area contributed by atoms with E-state index < -0.39 is 18.1 Å². The molecule has 0 aromatic heterocycles. The molecule has 1 amide bonds. The molecule has 3 N–H and O–H groups in total. The second-order valence-corrected chi connectivity index (χ2v) is 6.70. The molecule has 2 aliphatic rings. The lowest BCUT2D eigenvalue weighted by molar-refractivity contribution is -0.139. The molecule has 2 aromatic carbocycles. The summed E-state index contributed by atoms with van der Waals surface area (Å²) < 4.78 is 5.47. The van der Waals surface area contributed by atoms with Crippen LogP contribution in [0.4, 0.5) is 4.79 Å². The summed E-state index contributed by atoms with van der Waals surface area (Å²) in [5.74, 6) is -0.886. The van der Waals surface area contributed by atoms with Gasteiger partial charge in [-0.2, -0.15) is 0 Å². The van der Waals surface area contributed by atoms with Crippen LogP contribution < -0.4 is 10.6 Å².